The minimum Gasteiger partial charge on any atom is -0.463 e. The molecule has 0 aromatic heterocycles. The first-order valence-electron chi connectivity index (χ1n) is 16.9. The Balaban J connectivity index is 6.01. The molecule has 0 bridgehead atoms. The molecule has 10 atom stereocenters. The number of rotatable bonds is 31. The summed E-state index contributed by atoms with van der Waals surface area (Å²) in [7, 11) is 0. The summed E-state index contributed by atoms with van der Waals surface area (Å²) < 4.78 is 5.23. The molecule has 0 aliphatic carbocycles. The van der Waals surface area contributed by atoms with Crippen molar-refractivity contribution in [2.75, 3.05) is 46.2 Å². The fourth-order valence-electron chi connectivity index (χ4n) is 6.15. The van der Waals surface area contributed by atoms with E-state index in [9.17, 15) is 55.9 Å². The topological polar surface area (TPSA) is 269 Å². The molecule has 0 aromatic rings. The maximum atomic E-state index is 13.4. The Bertz CT molecular complexity index is 716. The number of ether oxygens (including phenoxy) is 1. The molecule has 14 heteroatoms. The van der Waals surface area contributed by atoms with Crippen molar-refractivity contribution in [3.8, 4) is 0 Å². The van der Waals surface area contributed by atoms with Crippen molar-refractivity contribution in [1.29, 1.82) is 0 Å². The van der Waals surface area contributed by atoms with Gasteiger partial charge in [0.1, 0.15) is 12.7 Å². The third kappa shape index (κ3) is 20.4. The van der Waals surface area contributed by atoms with E-state index < -0.39 is 106 Å². The monoisotopic (exact) mass is 672 g/mol. The van der Waals surface area contributed by atoms with Gasteiger partial charge < -0.3 is 66.0 Å². The largest absolute Gasteiger partial charge is 0.463 e. The summed E-state index contributed by atoms with van der Waals surface area (Å²) in [5, 5.41) is 118. The number of hydrogen-bond acceptors (Lipinski definition) is 14. The van der Waals surface area contributed by atoms with Gasteiger partial charge in [-0.3, -0.25) is 4.79 Å². The lowest BCUT2D eigenvalue weighted by atomic mass is 9.66. The van der Waals surface area contributed by atoms with E-state index in [-0.39, 0.29) is 32.3 Å². The number of carbonyl (C=O) groups is 1. The molecular weight excluding hydrogens is 608 g/mol. The average molecular weight is 673 g/mol. The highest BCUT2D eigenvalue weighted by atomic mass is 16.5. The predicted octanol–water partition coefficient (Wildman–Crippen LogP) is -1.42. The molecule has 0 saturated carbocycles. The fourth-order valence-corrected chi connectivity index (χ4v) is 6.15. The lowest BCUT2D eigenvalue weighted by molar-refractivity contribution is -0.158. The van der Waals surface area contributed by atoms with Crippen molar-refractivity contribution < 1.29 is 70.8 Å². The van der Waals surface area contributed by atoms with E-state index >= 15 is 0 Å². The summed E-state index contributed by atoms with van der Waals surface area (Å²) in [6.07, 6.45) is 0.674. The molecule has 0 heterocycles. The molecule has 0 aliphatic heterocycles. The molecule has 276 valence electrons. The van der Waals surface area contributed by atoms with Gasteiger partial charge in [-0.2, -0.15) is 0 Å². The van der Waals surface area contributed by atoms with Gasteiger partial charge in [0.05, 0.1) is 76.1 Å². The molecule has 0 aromatic carbocycles. The zero-order chi connectivity index (χ0) is 34.9. The van der Waals surface area contributed by atoms with E-state index in [2.05, 4.69) is 0 Å². The molecule has 0 radical (unpaired) electrons. The van der Waals surface area contributed by atoms with Gasteiger partial charge >= 0.3 is 5.97 Å². The first-order chi connectivity index (χ1) is 22.0. The molecule has 46 heavy (non-hydrogen) atoms. The molecule has 10 unspecified atom stereocenters. The molecule has 0 amide bonds. The third-order valence-electron chi connectivity index (χ3n) is 8.71. The molecule has 14 nitrogen and oxygen atoms in total. The second-order valence-electron chi connectivity index (χ2n) is 12.7. The quantitative estimate of drug-likeness (QED) is 0.0298. The van der Waals surface area contributed by atoms with E-state index in [1.165, 1.54) is 0 Å². The highest BCUT2D eigenvalue weighted by Crippen LogP contribution is 2.41. The van der Waals surface area contributed by atoms with Crippen LogP contribution in [0.1, 0.15) is 89.9 Å². The fraction of sp³-hybridized carbons (Fsp3) is 0.969. The van der Waals surface area contributed by atoms with Gasteiger partial charge in [-0.15, -0.1) is 0 Å². The summed E-state index contributed by atoms with van der Waals surface area (Å²) in [5.41, 5.74) is 0. The SMILES string of the molecule is O=C(OCC(O)CO)C(CC(O)CO)C(CC(O)CO)C(CC(O)CO)C(CCCCCCCCCCC(O)CO)CC(O)CO. The number of aliphatic hydroxyl groups excluding tert-OH is 12. The van der Waals surface area contributed by atoms with Gasteiger partial charge in [-0.1, -0.05) is 57.8 Å². The van der Waals surface area contributed by atoms with Crippen molar-refractivity contribution in [3.63, 3.8) is 0 Å². The zero-order valence-electron chi connectivity index (χ0n) is 27.3. The molecule has 0 fully saturated rings. The van der Waals surface area contributed by atoms with Crippen LogP contribution in [0.3, 0.4) is 0 Å². The van der Waals surface area contributed by atoms with Crippen LogP contribution in [-0.4, -0.2) is 150 Å². The van der Waals surface area contributed by atoms with E-state index in [1.807, 2.05) is 0 Å². The predicted molar refractivity (Wildman–Crippen MR) is 168 cm³/mol. The van der Waals surface area contributed by atoms with Gasteiger partial charge in [0, 0.05) is 0 Å². The Labute approximate surface area is 273 Å². The summed E-state index contributed by atoms with van der Waals surface area (Å²) in [6.45, 7) is -3.98. The van der Waals surface area contributed by atoms with Crippen LogP contribution in [0.2, 0.25) is 0 Å². The highest BCUT2D eigenvalue weighted by molar-refractivity contribution is 5.73. The zero-order valence-corrected chi connectivity index (χ0v) is 27.3. The normalized spacial score (nSPS) is 18.6. The van der Waals surface area contributed by atoms with Crippen LogP contribution in [0, 0.1) is 23.7 Å². The summed E-state index contributed by atoms with van der Waals surface area (Å²) in [4.78, 5) is 13.4. The van der Waals surface area contributed by atoms with Crippen molar-refractivity contribution >= 4 is 5.97 Å². The summed E-state index contributed by atoms with van der Waals surface area (Å²) >= 11 is 0. The molecule has 0 aliphatic rings. The minimum atomic E-state index is -1.38. The molecular formula is C32H64O14. The lowest BCUT2D eigenvalue weighted by Gasteiger charge is -2.40. The van der Waals surface area contributed by atoms with Gasteiger partial charge in [0.2, 0.25) is 0 Å². The van der Waals surface area contributed by atoms with Gasteiger partial charge in [-0.05, 0) is 49.9 Å². The van der Waals surface area contributed by atoms with Crippen LogP contribution in [0.5, 0.6) is 0 Å². The van der Waals surface area contributed by atoms with Crippen molar-refractivity contribution in [2.24, 2.45) is 23.7 Å². The average Bonchev–Trinajstić information content (AvgIpc) is 3.06. The van der Waals surface area contributed by atoms with Crippen LogP contribution < -0.4 is 0 Å². The molecule has 0 saturated heterocycles. The maximum Gasteiger partial charge on any atom is 0.309 e. The second kappa shape index (κ2) is 27.9. The third-order valence-corrected chi connectivity index (χ3v) is 8.71. The van der Waals surface area contributed by atoms with Crippen LogP contribution in [-0.2, 0) is 9.53 Å². The Hall–Kier alpha value is -1.01. The Morgan fingerprint density at radius 1 is 0.435 bits per heavy atom. The van der Waals surface area contributed by atoms with Gasteiger partial charge in [0.25, 0.3) is 0 Å². The summed E-state index contributed by atoms with van der Waals surface area (Å²) in [6, 6.07) is 0. The number of hydrogen-bond donors (Lipinski definition) is 12. The molecule has 12 N–H and O–H groups in total. The van der Waals surface area contributed by atoms with E-state index in [0.717, 1.165) is 44.9 Å². The van der Waals surface area contributed by atoms with E-state index in [0.29, 0.717) is 19.3 Å². The number of carbonyl (C=O) groups excluding carboxylic acids is 1. The Kier molecular flexibility index (Phi) is 27.3. The second-order valence-corrected chi connectivity index (χ2v) is 12.7. The summed E-state index contributed by atoms with van der Waals surface area (Å²) in [5.74, 6) is -4.14. The molecule has 0 rings (SSSR count). The highest BCUT2D eigenvalue weighted by Gasteiger charge is 2.42. The molecule has 0 spiro atoms. The van der Waals surface area contributed by atoms with Crippen LogP contribution in [0.25, 0.3) is 0 Å². The number of esters is 1. The van der Waals surface area contributed by atoms with E-state index in [1.54, 1.807) is 0 Å². The number of unbranched alkanes of at least 4 members (excludes halogenated alkanes) is 7. The van der Waals surface area contributed by atoms with Crippen LogP contribution >= 0.6 is 0 Å². The number of aliphatic hydroxyl groups is 12. The van der Waals surface area contributed by atoms with Gasteiger partial charge in [-0.25, -0.2) is 0 Å². The van der Waals surface area contributed by atoms with E-state index in [4.69, 9.17) is 14.9 Å². The minimum absolute atomic E-state index is 0.0677. The Morgan fingerprint density at radius 2 is 0.826 bits per heavy atom. The first-order valence-corrected chi connectivity index (χ1v) is 16.9. The smallest absolute Gasteiger partial charge is 0.309 e. The lowest BCUT2D eigenvalue weighted by Crippen LogP contribution is -2.42. The van der Waals surface area contributed by atoms with Crippen LogP contribution in [0.15, 0.2) is 0 Å². The standard InChI is InChI=1S/C32H64O14/c33-15-23(39)10-8-6-4-2-1-3-5-7-9-22(11-24(40)16-34)29(12-25(41)17-35)30(13-26(42)18-36)31(14-27(43)19-37)32(45)46-21-28(44)20-38/h22-31,33-44H,1-21H2. The van der Waals surface area contributed by atoms with Crippen molar-refractivity contribution in [3.05, 3.63) is 0 Å². The van der Waals surface area contributed by atoms with Gasteiger partial charge in [0.15, 0.2) is 0 Å². The first kappa shape index (κ1) is 45.0. The van der Waals surface area contributed by atoms with Crippen LogP contribution in [0.4, 0.5) is 0 Å². The maximum absolute atomic E-state index is 13.4. The van der Waals surface area contributed by atoms with Crippen molar-refractivity contribution in [1.82, 2.24) is 0 Å². The van der Waals surface area contributed by atoms with Crippen molar-refractivity contribution in [2.45, 2.75) is 127 Å². The Morgan fingerprint density at radius 3 is 1.30 bits per heavy atom.